The van der Waals surface area contributed by atoms with Crippen LogP contribution >= 0.6 is 11.6 Å². The zero-order valence-corrected chi connectivity index (χ0v) is 19.2. The maximum atomic E-state index is 12.8. The summed E-state index contributed by atoms with van der Waals surface area (Å²) >= 11 is 5.96. The number of aliphatic carboxylic acids is 1. The lowest BCUT2D eigenvalue weighted by Gasteiger charge is -2.29. The number of rotatable bonds is 6. The molecule has 33 heavy (non-hydrogen) atoms. The second-order valence-electron chi connectivity index (χ2n) is 9.13. The van der Waals surface area contributed by atoms with Gasteiger partial charge in [0.1, 0.15) is 0 Å². The van der Waals surface area contributed by atoms with Gasteiger partial charge in [-0.05, 0) is 68.2 Å². The van der Waals surface area contributed by atoms with Gasteiger partial charge in [-0.1, -0.05) is 48.4 Å². The first kappa shape index (κ1) is 23.3. The number of Topliss-reactive ketones (excluding diaryl/α,β-unsaturated/α-hetero) is 1. The summed E-state index contributed by atoms with van der Waals surface area (Å²) < 4.78 is 0. The van der Waals surface area contributed by atoms with Gasteiger partial charge in [0.25, 0.3) is 0 Å². The Bertz CT molecular complexity index is 1020. The third-order valence-electron chi connectivity index (χ3n) is 6.98. The van der Waals surface area contributed by atoms with Crippen molar-refractivity contribution >= 4 is 35.1 Å². The highest BCUT2D eigenvalue weighted by Gasteiger charge is 2.38. The van der Waals surface area contributed by atoms with Crippen molar-refractivity contribution in [3.8, 4) is 0 Å². The molecule has 3 N–H and O–H groups in total. The molecule has 0 saturated heterocycles. The minimum atomic E-state index is -0.867. The van der Waals surface area contributed by atoms with Gasteiger partial charge in [-0.15, -0.1) is 0 Å². The van der Waals surface area contributed by atoms with Gasteiger partial charge in [0.15, 0.2) is 5.78 Å². The Morgan fingerprint density at radius 2 is 1.58 bits per heavy atom. The van der Waals surface area contributed by atoms with Gasteiger partial charge < -0.3 is 15.7 Å². The van der Waals surface area contributed by atoms with E-state index in [9.17, 15) is 19.5 Å². The second-order valence-corrected chi connectivity index (χ2v) is 9.56. The Kier molecular flexibility index (Phi) is 7.33. The van der Waals surface area contributed by atoms with E-state index in [-0.39, 0.29) is 17.9 Å². The van der Waals surface area contributed by atoms with Gasteiger partial charge in [0.2, 0.25) is 0 Å². The largest absolute Gasteiger partial charge is 0.481 e. The Hall–Kier alpha value is -2.86. The fraction of sp³-hybridized carbons (Fsp3) is 0.423. The Morgan fingerprint density at radius 3 is 2.24 bits per heavy atom. The number of carboxylic acids is 1. The molecule has 174 valence electrons. The van der Waals surface area contributed by atoms with Crippen LogP contribution in [0.15, 0.2) is 48.5 Å². The van der Waals surface area contributed by atoms with Gasteiger partial charge in [-0.3, -0.25) is 9.59 Å². The molecule has 4 rings (SSSR count). The van der Waals surface area contributed by atoms with Gasteiger partial charge in [0.05, 0.1) is 5.92 Å². The maximum absolute atomic E-state index is 12.8. The van der Waals surface area contributed by atoms with Gasteiger partial charge in [-0.25, -0.2) is 4.79 Å². The predicted molar refractivity (Wildman–Crippen MR) is 128 cm³/mol. The number of carbonyl (C=O) groups excluding carboxylic acids is 2. The molecule has 2 aliphatic rings. The van der Waals surface area contributed by atoms with Crippen molar-refractivity contribution in [1.82, 2.24) is 5.32 Å². The highest BCUT2D eigenvalue weighted by atomic mass is 35.5. The van der Waals surface area contributed by atoms with Crippen LogP contribution in [0.25, 0.3) is 0 Å². The quantitative estimate of drug-likeness (QED) is 0.462. The number of urea groups is 1. The SMILES string of the molecule is O=C(Nc1cccc(Cl)c1)NC1CCC(c2ccc(C(=O)[C@@H]3CCC[C@H]3C(=O)O)cc2)CC1. The van der Waals surface area contributed by atoms with Crippen molar-refractivity contribution in [3.63, 3.8) is 0 Å². The van der Waals surface area contributed by atoms with E-state index in [4.69, 9.17) is 11.6 Å². The molecule has 0 heterocycles. The van der Waals surface area contributed by atoms with E-state index in [1.165, 1.54) is 5.56 Å². The summed E-state index contributed by atoms with van der Waals surface area (Å²) in [5.74, 6) is -1.50. The molecular formula is C26H29ClN2O4. The van der Waals surface area contributed by atoms with Crippen molar-refractivity contribution in [1.29, 1.82) is 0 Å². The molecule has 0 bridgehead atoms. The van der Waals surface area contributed by atoms with E-state index < -0.39 is 17.8 Å². The van der Waals surface area contributed by atoms with Crippen LogP contribution < -0.4 is 10.6 Å². The lowest BCUT2D eigenvalue weighted by Crippen LogP contribution is -2.39. The number of carbonyl (C=O) groups is 3. The molecule has 2 aromatic carbocycles. The lowest BCUT2D eigenvalue weighted by atomic mass is 9.81. The van der Waals surface area contributed by atoms with E-state index in [0.717, 1.165) is 32.1 Å². The van der Waals surface area contributed by atoms with E-state index in [1.807, 2.05) is 24.3 Å². The third-order valence-corrected chi connectivity index (χ3v) is 7.22. The van der Waals surface area contributed by atoms with Gasteiger partial charge in [-0.2, -0.15) is 0 Å². The summed E-state index contributed by atoms with van der Waals surface area (Å²) in [6.45, 7) is 0. The van der Waals surface area contributed by atoms with E-state index in [1.54, 1.807) is 24.3 Å². The number of amides is 2. The molecule has 0 unspecified atom stereocenters. The van der Waals surface area contributed by atoms with E-state index in [2.05, 4.69) is 10.6 Å². The summed E-state index contributed by atoms with van der Waals surface area (Å²) in [4.78, 5) is 36.5. The fourth-order valence-corrected chi connectivity index (χ4v) is 5.38. The van der Waals surface area contributed by atoms with Gasteiger partial charge >= 0.3 is 12.0 Å². The first-order valence-corrected chi connectivity index (χ1v) is 12.0. The van der Waals surface area contributed by atoms with Crippen LogP contribution in [0.5, 0.6) is 0 Å². The average molecular weight is 469 g/mol. The number of hydrogen-bond donors (Lipinski definition) is 3. The minimum absolute atomic E-state index is 0.0509. The number of anilines is 1. The van der Waals surface area contributed by atoms with Crippen LogP contribution in [0.3, 0.4) is 0 Å². The Morgan fingerprint density at radius 1 is 0.879 bits per heavy atom. The smallest absolute Gasteiger partial charge is 0.319 e. The summed E-state index contributed by atoms with van der Waals surface area (Å²) in [6, 6.07) is 14.6. The van der Waals surface area contributed by atoms with Crippen molar-refractivity contribution in [3.05, 3.63) is 64.7 Å². The zero-order chi connectivity index (χ0) is 23.4. The Balaban J connectivity index is 1.28. The van der Waals surface area contributed by atoms with Crippen molar-refractivity contribution in [2.45, 2.75) is 56.9 Å². The first-order valence-electron chi connectivity index (χ1n) is 11.6. The standard InChI is InChI=1S/C26H29ClN2O4/c27-19-3-1-4-21(15-19)29-26(33)28-20-13-11-17(12-14-20)16-7-9-18(10-8-16)24(30)22-5-2-6-23(22)25(31)32/h1,3-4,7-10,15,17,20,22-23H,2,5-6,11-14H2,(H,31,32)(H2,28,29,33)/t17?,20?,22-,23-/m1/s1. The summed E-state index contributed by atoms with van der Waals surface area (Å²) in [5, 5.41) is 15.8. The topological polar surface area (TPSA) is 95.5 Å². The van der Waals surface area contributed by atoms with Crippen molar-refractivity contribution < 1.29 is 19.5 Å². The number of ketones is 1. The number of benzene rings is 2. The second kappa shape index (κ2) is 10.4. The molecule has 0 spiro atoms. The molecule has 0 radical (unpaired) electrons. The fourth-order valence-electron chi connectivity index (χ4n) is 5.19. The van der Waals surface area contributed by atoms with Crippen LogP contribution in [-0.4, -0.2) is 28.9 Å². The summed E-state index contributed by atoms with van der Waals surface area (Å²) in [6.07, 6.45) is 5.71. The number of hydrogen-bond acceptors (Lipinski definition) is 3. The summed E-state index contributed by atoms with van der Waals surface area (Å²) in [7, 11) is 0. The van der Waals surface area contributed by atoms with Crippen LogP contribution in [0.1, 0.15) is 66.8 Å². The van der Waals surface area contributed by atoms with E-state index >= 15 is 0 Å². The predicted octanol–water partition coefficient (Wildman–Crippen LogP) is 5.87. The molecule has 0 aromatic heterocycles. The van der Waals surface area contributed by atoms with Crippen LogP contribution in [0, 0.1) is 11.8 Å². The summed E-state index contributed by atoms with van der Waals surface area (Å²) in [5.41, 5.74) is 2.45. The molecule has 0 aliphatic heterocycles. The highest BCUT2D eigenvalue weighted by molar-refractivity contribution is 6.30. The van der Waals surface area contributed by atoms with Gasteiger partial charge in [0, 0.05) is 28.2 Å². The highest BCUT2D eigenvalue weighted by Crippen LogP contribution is 2.36. The zero-order valence-electron chi connectivity index (χ0n) is 18.4. The molecule has 2 aromatic rings. The number of halogens is 1. The average Bonchev–Trinajstić information content (AvgIpc) is 3.30. The third kappa shape index (κ3) is 5.74. The lowest BCUT2D eigenvalue weighted by molar-refractivity contribution is -0.142. The van der Waals surface area contributed by atoms with Crippen LogP contribution in [0.4, 0.5) is 10.5 Å². The van der Waals surface area contributed by atoms with Crippen molar-refractivity contribution in [2.24, 2.45) is 11.8 Å². The minimum Gasteiger partial charge on any atom is -0.481 e. The van der Waals surface area contributed by atoms with E-state index in [0.29, 0.717) is 35.0 Å². The monoisotopic (exact) mass is 468 g/mol. The Labute approximate surface area is 198 Å². The normalized spacial score (nSPS) is 24.8. The number of carboxylic acid groups (broad SMARTS) is 1. The first-order chi connectivity index (χ1) is 15.9. The molecule has 7 heteroatoms. The maximum Gasteiger partial charge on any atom is 0.319 e. The molecule has 2 saturated carbocycles. The molecule has 6 nitrogen and oxygen atoms in total. The molecule has 2 fully saturated rings. The van der Waals surface area contributed by atoms with Crippen LogP contribution in [-0.2, 0) is 4.79 Å². The molecular weight excluding hydrogens is 440 g/mol. The van der Waals surface area contributed by atoms with Crippen LogP contribution in [0.2, 0.25) is 5.02 Å². The van der Waals surface area contributed by atoms with Crippen molar-refractivity contribution in [2.75, 3.05) is 5.32 Å². The molecule has 2 amide bonds. The molecule has 2 atom stereocenters. The molecule has 2 aliphatic carbocycles. The number of nitrogens with one attached hydrogen (secondary N) is 2.